The number of aliphatic hydroxyl groups excluding tert-OH is 1. The molecular formula is C50H62FN11O6S. The van der Waals surface area contributed by atoms with Gasteiger partial charge in [0.2, 0.25) is 11.8 Å². The number of piperazine rings is 1. The largest absolute Gasteiger partial charge is 0.507 e. The third kappa shape index (κ3) is 10.0. The third-order valence-corrected chi connectivity index (χ3v) is 15.8. The van der Waals surface area contributed by atoms with Crippen LogP contribution in [0.1, 0.15) is 68.8 Å². The van der Waals surface area contributed by atoms with Crippen molar-refractivity contribution in [2.45, 2.75) is 88.9 Å². The highest BCUT2D eigenvalue weighted by molar-refractivity contribution is 7.13. The number of nitrogens with one attached hydrogen (secondary N) is 2. The summed E-state index contributed by atoms with van der Waals surface area (Å²) < 4.78 is 27.3. The van der Waals surface area contributed by atoms with Crippen molar-refractivity contribution in [1.82, 2.24) is 45.3 Å². The van der Waals surface area contributed by atoms with Crippen LogP contribution in [-0.2, 0) is 9.59 Å². The lowest BCUT2D eigenvalue weighted by molar-refractivity contribution is -0.141. The van der Waals surface area contributed by atoms with E-state index in [1.54, 1.807) is 41.9 Å². The number of hydrogen-bond acceptors (Lipinski definition) is 16. The Balaban J connectivity index is 0.668. The van der Waals surface area contributed by atoms with E-state index in [2.05, 4.69) is 56.6 Å². The van der Waals surface area contributed by atoms with Crippen LogP contribution in [0.5, 0.6) is 11.6 Å². The monoisotopic (exact) mass is 963 g/mol. The number of nitrogens with zero attached hydrogens (tertiary/aromatic N) is 9. The number of β-amino-alcohol motifs (C(OH)–C–C–N with tert-alkyl or cyclic N) is 1. The van der Waals surface area contributed by atoms with E-state index in [0.717, 1.165) is 99.4 Å². The zero-order chi connectivity index (χ0) is 47.8. The van der Waals surface area contributed by atoms with Crippen LogP contribution in [0.25, 0.3) is 21.7 Å². The van der Waals surface area contributed by atoms with Gasteiger partial charge >= 0.3 is 0 Å². The van der Waals surface area contributed by atoms with Crippen molar-refractivity contribution in [3.8, 4) is 33.3 Å². The molecule has 4 fully saturated rings. The van der Waals surface area contributed by atoms with Crippen LogP contribution in [-0.4, -0.2) is 164 Å². The number of fused-ring (bicyclic) bond motifs is 3. The number of hydrogen-bond donors (Lipinski definition) is 4. The van der Waals surface area contributed by atoms with Crippen LogP contribution < -0.4 is 20.3 Å². The second-order valence-corrected chi connectivity index (χ2v) is 20.4. The molecule has 8 heterocycles. The van der Waals surface area contributed by atoms with Crippen molar-refractivity contribution in [1.29, 1.82) is 0 Å². The average Bonchev–Trinajstić information content (AvgIpc) is 4.20. The summed E-state index contributed by atoms with van der Waals surface area (Å²) in [5.41, 5.74) is 6.25. The highest BCUT2D eigenvalue weighted by Gasteiger charge is 2.44. The molecule has 17 nitrogen and oxygen atoms in total. The fraction of sp³-hybridized carbons (Fsp3) is 0.520. The number of benzene rings is 2. The summed E-state index contributed by atoms with van der Waals surface area (Å²) in [6.07, 6.45) is 0.642. The lowest BCUT2D eigenvalue weighted by atomic mass is 9.91. The van der Waals surface area contributed by atoms with Crippen LogP contribution >= 0.6 is 11.3 Å². The number of rotatable bonds is 14. The van der Waals surface area contributed by atoms with Crippen LogP contribution in [0.2, 0.25) is 0 Å². The van der Waals surface area contributed by atoms with Gasteiger partial charge in [0.15, 0.2) is 17.9 Å². The molecule has 6 atom stereocenters. The fourth-order valence-electron chi connectivity index (χ4n) is 11.0. The Morgan fingerprint density at radius 3 is 2.49 bits per heavy atom. The number of alkyl halides is 1. The molecule has 5 aliphatic heterocycles. The maximum Gasteiger partial charge on any atom is 0.254 e. The number of aromatic hydroxyl groups is 1. The maximum absolute atomic E-state index is 15.5. The standard InChI is InChI=1S/C50H62FN11O6S/c1-30(2)45(50(66)62-28-37(63)22-41(62)49(65)54-47(51)33-10-8-32(9-11-33)46-31(3)53-29-69-46)43-24-44(57-68-43)67-21-20-58-15-12-34(13-16-58)59-17-14-35(26-59)60-18-19-61-36(27-60)25-52-48-40(61)23-39(55-56-48)38-6-4-5-7-42(38)64/h4-11,23-24,29-30,34-37,41,45,47,63-64H,12-22,25-28H2,1-3H3,(H,52,56)(H,54,65)/t35?,36-,37+,41-,45+,47+/m0/s1. The van der Waals surface area contributed by atoms with Crippen molar-refractivity contribution in [2.24, 2.45) is 5.92 Å². The molecule has 0 radical (unpaired) electrons. The van der Waals surface area contributed by atoms with Crippen molar-refractivity contribution in [3.63, 3.8) is 0 Å². The minimum Gasteiger partial charge on any atom is -0.507 e. The number of thiazole rings is 1. The van der Waals surface area contributed by atoms with Gasteiger partial charge in [-0.15, -0.1) is 21.5 Å². The molecule has 5 aliphatic rings. The van der Waals surface area contributed by atoms with Crippen molar-refractivity contribution >= 4 is 34.7 Å². The highest BCUT2D eigenvalue weighted by atomic mass is 32.1. The number of ether oxygens (including phenoxy) is 1. The number of aryl methyl sites for hydroxylation is 1. The van der Waals surface area contributed by atoms with Gasteiger partial charge in [-0.3, -0.25) is 24.3 Å². The van der Waals surface area contributed by atoms with Gasteiger partial charge < -0.3 is 39.9 Å². The van der Waals surface area contributed by atoms with Gasteiger partial charge in [0, 0.05) is 88.1 Å². The molecule has 5 aromatic rings. The number of amides is 2. The Kier molecular flexibility index (Phi) is 13.8. The Morgan fingerprint density at radius 2 is 1.72 bits per heavy atom. The zero-order valence-electron chi connectivity index (χ0n) is 39.4. The molecule has 10 rings (SSSR count). The minimum atomic E-state index is -1.80. The number of piperidine rings is 1. The molecule has 3 aromatic heterocycles. The normalized spacial score (nSPS) is 23.4. The first-order valence-corrected chi connectivity index (χ1v) is 25.2. The molecule has 366 valence electrons. The summed E-state index contributed by atoms with van der Waals surface area (Å²) in [7, 11) is 0. The molecular weight excluding hydrogens is 902 g/mol. The van der Waals surface area contributed by atoms with E-state index in [1.165, 1.54) is 22.7 Å². The van der Waals surface area contributed by atoms with E-state index in [9.17, 15) is 19.8 Å². The van der Waals surface area contributed by atoms with E-state index in [4.69, 9.17) is 9.26 Å². The molecule has 2 amide bonds. The van der Waals surface area contributed by atoms with Gasteiger partial charge in [-0.2, -0.15) is 0 Å². The second-order valence-electron chi connectivity index (χ2n) is 19.5. The molecule has 0 bridgehead atoms. The third-order valence-electron chi connectivity index (χ3n) is 14.8. The first-order chi connectivity index (χ1) is 33.5. The van der Waals surface area contributed by atoms with Crippen LogP contribution in [0.4, 0.5) is 15.9 Å². The van der Waals surface area contributed by atoms with Crippen molar-refractivity contribution < 1.29 is 33.5 Å². The molecule has 0 aliphatic carbocycles. The summed E-state index contributed by atoms with van der Waals surface area (Å²) in [5, 5.41) is 40.1. The van der Waals surface area contributed by atoms with Gasteiger partial charge in [-0.25, -0.2) is 9.37 Å². The Hall–Kier alpha value is -5.73. The summed E-state index contributed by atoms with van der Waals surface area (Å²) in [6.45, 7) is 14.7. The first-order valence-electron chi connectivity index (χ1n) is 24.4. The molecule has 4 saturated heterocycles. The Morgan fingerprint density at radius 1 is 0.957 bits per heavy atom. The number of carbonyl (C=O) groups is 2. The summed E-state index contributed by atoms with van der Waals surface area (Å²) in [4.78, 5) is 44.6. The molecule has 4 N–H and O–H groups in total. The van der Waals surface area contributed by atoms with Crippen LogP contribution in [0, 0.1) is 12.8 Å². The number of likely N-dealkylation sites (tertiary alicyclic amines) is 3. The summed E-state index contributed by atoms with van der Waals surface area (Å²) >= 11 is 1.50. The molecule has 69 heavy (non-hydrogen) atoms. The number of aromatic nitrogens is 4. The van der Waals surface area contributed by atoms with E-state index >= 15 is 4.39 Å². The number of para-hydroxylation sites is 1. The van der Waals surface area contributed by atoms with E-state index in [0.29, 0.717) is 41.8 Å². The van der Waals surface area contributed by atoms with Gasteiger partial charge in [0.1, 0.15) is 24.3 Å². The molecule has 1 unspecified atom stereocenters. The number of carbonyl (C=O) groups excluding carboxylic acids is 2. The van der Waals surface area contributed by atoms with Gasteiger partial charge in [0.25, 0.3) is 5.88 Å². The molecule has 0 spiro atoms. The van der Waals surface area contributed by atoms with Crippen molar-refractivity contribution in [2.75, 3.05) is 82.3 Å². The number of aliphatic hydroxyl groups is 1. The Labute approximate surface area is 405 Å². The van der Waals surface area contributed by atoms with E-state index in [1.807, 2.05) is 39.0 Å². The fourth-order valence-corrected chi connectivity index (χ4v) is 11.9. The predicted molar refractivity (Wildman–Crippen MR) is 260 cm³/mol. The molecule has 2 aromatic carbocycles. The highest BCUT2D eigenvalue weighted by Crippen LogP contribution is 2.38. The number of halogens is 1. The molecule has 0 saturated carbocycles. The SMILES string of the molecule is Cc1ncsc1-c1ccc([C@H](F)NC(=O)[C@@H]2C[C@@H](O)CN2C(=O)[C@@H](c2cc(OCCN3CCC(N4CCC(N5CCN6c7cc(-c8ccccc8O)nnc7NC[C@H]6C5)C4)CC3)no2)C(C)C)cc1. The zero-order valence-corrected chi connectivity index (χ0v) is 40.2. The lowest BCUT2D eigenvalue weighted by Gasteiger charge is -2.47. The number of phenols is 1. The summed E-state index contributed by atoms with van der Waals surface area (Å²) in [6, 6.07) is 18.2. The van der Waals surface area contributed by atoms with Crippen LogP contribution in [0.3, 0.4) is 0 Å². The average molecular weight is 964 g/mol. The second kappa shape index (κ2) is 20.3. The Bertz CT molecular complexity index is 2590. The smallest absolute Gasteiger partial charge is 0.254 e. The van der Waals surface area contributed by atoms with Crippen LogP contribution in [0.15, 0.2) is 70.7 Å². The first kappa shape index (κ1) is 47.0. The molecule has 19 heteroatoms. The maximum atomic E-state index is 15.5. The minimum absolute atomic E-state index is 0.00590. The van der Waals surface area contributed by atoms with Gasteiger partial charge in [-0.05, 0) is 74.1 Å². The quantitative estimate of drug-likeness (QED) is 0.105. The number of phenolic OH excluding ortho intramolecular Hbond substituents is 1. The van der Waals surface area contributed by atoms with Crippen molar-refractivity contribution in [3.05, 3.63) is 83.2 Å². The lowest BCUT2D eigenvalue weighted by Crippen LogP contribution is -2.60. The summed E-state index contributed by atoms with van der Waals surface area (Å²) in [5.74, 6) is -0.504. The number of anilines is 2. The van der Waals surface area contributed by atoms with E-state index in [-0.39, 0.29) is 36.1 Å². The predicted octanol–water partition coefficient (Wildman–Crippen LogP) is 5.29. The van der Waals surface area contributed by atoms with Gasteiger partial charge in [0.05, 0.1) is 39.6 Å². The topological polar surface area (TPSA) is 189 Å². The van der Waals surface area contributed by atoms with Gasteiger partial charge in [-0.1, -0.05) is 50.2 Å². The van der Waals surface area contributed by atoms with E-state index < -0.39 is 36.2 Å².